The van der Waals surface area contributed by atoms with Crippen LogP contribution in [-0.4, -0.2) is 37.5 Å². The van der Waals surface area contributed by atoms with Crippen molar-refractivity contribution in [1.29, 1.82) is 5.26 Å². The Morgan fingerprint density at radius 1 is 1.25 bits per heavy atom. The number of aromatic amines is 1. The molecule has 1 aliphatic rings. The van der Waals surface area contributed by atoms with E-state index in [4.69, 9.17) is 11.6 Å². The van der Waals surface area contributed by atoms with E-state index in [2.05, 4.69) is 25.6 Å². The average molecular weight is 510 g/mol. The van der Waals surface area contributed by atoms with Crippen molar-refractivity contribution in [2.75, 3.05) is 5.32 Å². The molecule has 1 amide bonds. The molecular weight excluding hydrogens is 488 g/mol. The van der Waals surface area contributed by atoms with Gasteiger partial charge in [-0.05, 0) is 43.9 Å². The first-order valence-electron chi connectivity index (χ1n) is 11.4. The molecule has 3 heterocycles. The van der Waals surface area contributed by atoms with Gasteiger partial charge in [-0.15, -0.1) is 0 Å². The molecule has 11 heteroatoms. The standard InChI is InChI=1S/C25H22ClF2N7O/c1-35-11-21(31-12-35)25(36)33-16-4-2-3-15(8-16)32-24-20(28)5-13(9-29)22(34-24)18-10-30-23-17(18)6-14(26)7-19(23)27/h5-7,10-12,15-16,30H,2-4,8H2,1H3,(H,32,34)(H,33,36)/t15-,16+/m0/s1. The van der Waals surface area contributed by atoms with Gasteiger partial charge in [-0.25, -0.2) is 18.7 Å². The first-order valence-corrected chi connectivity index (χ1v) is 11.8. The summed E-state index contributed by atoms with van der Waals surface area (Å²) in [5.74, 6) is -1.47. The van der Waals surface area contributed by atoms with Crippen molar-refractivity contribution in [2.24, 2.45) is 7.05 Å². The van der Waals surface area contributed by atoms with Crippen LogP contribution in [0, 0.1) is 23.0 Å². The number of carbonyl (C=O) groups excluding carboxylic acids is 1. The van der Waals surface area contributed by atoms with Crippen molar-refractivity contribution in [2.45, 2.75) is 37.8 Å². The normalized spacial score (nSPS) is 17.6. The van der Waals surface area contributed by atoms with Crippen LogP contribution in [0.4, 0.5) is 14.6 Å². The van der Waals surface area contributed by atoms with Gasteiger partial charge in [0.25, 0.3) is 5.91 Å². The lowest BCUT2D eigenvalue weighted by Crippen LogP contribution is -2.42. The molecule has 5 rings (SSSR count). The summed E-state index contributed by atoms with van der Waals surface area (Å²) in [5.41, 5.74) is 1.23. The molecule has 0 saturated heterocycles. The number of imidazole rings is 1. The topological polar surface area (TPSA) is 111 Å². The minimum Gasteiger partial charge on any atom is -0.365 e. The van der Waals surface area contributed by atoms with Crippen LogP contribution in [-0.2, 0) is 7.05 Å². The lowest BCUT2D eigenvalue weighted by atomic mass is 9.90. The van der Waals surface area contributed by atoms with E-state index in [-0.39, 0.29) is 45.6 Å². The van der Waals surface area contributed by atoms with Gasteiger partial charge in [0.1, 0.15) is 17.6 Å². The number of amides is 1. The summed E-state index contributed by atoms with van der Waals surface area (Å²) in [7, 11) is 1.79. The number of rotatable bonds is 5. The van der Waals surface area contributed by atoms with Gasteiger partial charge in [0.05, 0.1) is 23.1 Å². The zero-order chi connectivity index (χ0) is 25.4. The van der Waals surface area contributed by atoms with E-state index < -0.39 is 11.6 Å². The molecule has 8 nitrogen and oxygen atoms in total. The van der Waals surface area contributed by atoms with Crippen molar-refractivity contribution >= 4 is 34.2 Å². The molecule has 1 saturated carbocycles. The largest absolute Gasteiger partial charge is 0.365 e. The number of nitriles is 1. The fraction of sp³-hybridized carbons (Fsp3) is 0.280. The molecule has 0 spiro atoms. The molecule has 184 valence electrons. The summed E-state index contributed by atoms with van der Waals surface area (Å²) >= 11 is 6.04. The lowest BCUT2D eigenvalue weighted by Gasteiger charge is -2.30. The number of hydrogen-bond donors (Lipinski definition) is 3. The maximum absolute atomic E-state index is 14.9. The van der Waals surface area contributed by atoms with Gasteiger partial charge in [-0.1, -0.05) is 11.6 Å². The Balaban J connectivity index is 1.39. The highest BCUT2D eigenvalue weighted by Gasteiger charge is 2.26. The molecule has 2 atom stereocenters. The van der Waals surface area contributed by atoms with Gasteiger partial charge in [0, 0.05) is 47.5 Å². The summed E-state index contributed by atoms with van der Waals surface area (Å²) < 4.78 is 31.0. The number of aromatic nitrogens is 4. The first-order chi connectivity index (χ1) is 17.3. The summed E-state index contributed by atoms with van der Waals surface area (Å²) in [4.78, 5) is 23.8. The van der Waals surface area contributed by atoms with Crippen LogP contribution in [0.2, 0.25) is 5.02 Å². The smallest absolute Gasteiger partial charge is 0.271 e. The second-order valence-electron chi connectivity index (χ2n) is 8.94. The maximum Gasteiger partial charge on any atom is 0.271 e. The predicted octanol–water partition coefficient (Wildman–Crippen LogP) is 4.92. The number of nitrogens with zero attached hydrogens (tertiary/aromatic N) is 4. The van der Waals surface area contributed by atoms with E-state index in [0.717, 1.165) is 25.3 Å². The van der Waals surface area contributed by atoms with Crippen LogP contribution < -0.4 is 10.6 Å². The summed E-state index contributed by atoms with van der Waals surface area (Å²) in [6, 6.07) is 5.59. The van der Waals surface area contributed by atoms with Crippen LogP contribution in [0.1, 0.15) is 41.7 Å². The number of halogens is 3. The number of aryl methyl sites for hydroxylation is 1. The number of anilines is 1. The highest BCUT2D eigenvalue weighted by Crippen LogP contribution is 2.34. The Morgan fingerprint density at radius 3 is 2.81 bits per heavy atom. The van der Waals surface area contributed by atoms with Gasteiger partial charge in [-0.3, -0.25) is 4.79 Å². The molecule has 1 aromatic carbocycles. The Hall–Kier alpha value is -3.97. The number of hydrogen-bond acceptors (Lipinski definition) is 5. The molecule has 0 radical (unpaired) electrons. The number of H-pyrrole nitrogens is 1. The summed E-state index contributed by atoms with van der Waals surface area (Å²) in [6.07, 6.45) is 7.70. The van der Waals surface area contributed by atoms with E-state index in [9.17, 15) is 18.8 Å². The van der Waals surface area contributed by atoms with Crippen molar-refractivity contribution in [3.8, 4) is 17.3 Å². The number of pyridine rings is 1. The SMILES string of the molecule is Cn1cnc(C(=O)N[C@@H]2CCC[C@H](Nc3nc(-c4c[nH]c5c(F)cc(Cl)cc45)c(C#N)cc3F)C2)c1. The minimum atomic E-state index is -0.668. The third-order valence-electron chi connectivity index (χ3n) is 6.35. The number of nitrogens with one attached hydrogen (secondary N) is 3. The fourth-order valence-electron chi connectivity index (χ4n) is 4.67. The Morgan fingerprint density at radius 2 is 2.06 bits per heavy atom. The van der Waals surface area contributed by atoms with Crippen LogP contribution in [0.15, 0.2) is 36.9 Å². The summed E-state index contributed by atoms with van der Waals surface area (Å²) in [5, 5.41) is 16.4. The Bertz CT molecular complexity index is 1510. The van der Waals surface area contributed by atoms with Crippen LogP contribution >= 0.6 is 11.6 Å². The third kappa shape index (κ3) is 4.62. The molecule has 0 bridgehead atoms. The highest BCUT2D eigenvalue weighted by atomic mass is 35.5. The van der Waals surface area contributed by atoms with Crippen molar-refractivity contribution < 1.29 is 13.6 Å². The van der Waals surface area contributed by atoms with E-state index in [1.54, 1.807) is 30.2 Å². The monoisotopic (exact) mass is 509 g/mol. The minimum absolute atomic E-state index is 0.0115. The average Bonchev–Trinajstić information content (AvgIpc) is 3.47. The molecule has 0 aliphatic heterocycles. The molecule has 36 heavy (non-hydrogen) atoms. The molecule has 4 aromatic rings. The molecule has 1 fully saturated rings. The molecule has 3 N–H and O–H groups in total. The fourth-order valence-corrected chi connectivity index (χ4v) is 4.87. The van der Waals surface area contributed by atoms with Gasteiger partial charge < -0.3 is 20.2 Å². The van der Waals surface area contributed by atoms with Crippen LogP contribution in [0.3, 0.4) is 0 Å². The molecule has 0 unspecified atom stereocenters. The van der Waals surface area contributed by atoms with E-state index in [0.29, 0.717) is 23.1 Å². The number of carbonyl (C=O) groups is 1. The second kappa shape index (κ2) is 9.59. The highest BCUT2D eigenvalue weighted by molar-refractivity contribution is 6.31. The maximum atomic E-state index is 14.9. The van der Waals surface area contributed by atoms with Crippen LogP contribution in [0.5, 0.6) is 0 Å². The van der Waals surface area contributed by atoms with E-state index >= 15 is 0 Å². The quantitative estimate of drug-likeness (QED) is 0.353. The second-order valence-corrected chi connectivity index (χ2v) is 9.38. The lowest BCUT2D eigenvalue weighted by molar-refractivity contribution is 0.0921. The van der Waals surface area contributed by atoms with Crippen LogP contribution in [0.25, 0.3) is 22.2 Å². The third-order valence-corrected chi connectivity index (χ3v) is 6.56. The zero-order valence-electron chi connectivity index (χ0n) is 19.3. The molecule has 3 aromatic heterocycles. The van der Waals surface area contributed by atoms with Crippen molar-refractivity contribution in [3.05, 3.63) is 64.8 Å². The zero-order valence-corrected chi connectivity index (χ0v) is 20.0. The predicted molar refractivity (Wildman–Crippen MR) is 132 cm³/mol. The first kappa shape index (κ1) is 23.8. The van der Waals surface area contributed by atoms with E-state index in [1.165, 1.54) is 12.3 Å². The summed E-state index contributed by atoms with van der Waals surface area (Å²) in [6.45, 7) is 0. The Kier molecular flexibility index (Phi) is 6.33. The number of benzene rings is 1. The van der Waals surface area contributed by atoms with Crippen molar-refractivity contribution in [3.63, 3.8) is 0 Å². The Labute approximate surface area is 210 Å². The van der Waals surface area contributed by atoms with Gasteiger partial charge in [0.15, 0.2) is 11.6 Å². The van der Waals surface area contributed by atoms with Gasteiger partial charge >= 0.3 is 0 Å². The van der Waals surface area contributed by atoms with Crippen molar-refractivity contribution in [1.82, 2.24) is 24.8 Å². The van der Waals surface area contributed by atoms with Gasteiger partial charge in [0.2, 0.25) is 0 Å². The number of fused-ring (bicyclic) bond motifs is 1. The van der Waals surface area contributed by atoms with Gasteiger partial charge in [-0.2, -0.15) is 5.26 Å². The molecule has 1 aliphatic carbocycles. The molecular formula is C25H22ClF2N7O. The van der Waals surface area contributed by atoms with E-state index in [1.807, 2.05) is 6.07 Å².